The molecule has 0 bridgehead atoms. The minimum Gasteiger partial charge on any atom is -0.400 e. The van der Waals surface area contributed by atoms with Gasteiger partial charge in [-0.3, -0.25) is 0 Å². The van der Waals surface area contributed by atoms with Crippen molar-refractivity contribution in [2.75, 3.05) is 11.5 Å². The van der Waals surface area contributed by atoms with Gasteiger partial charge in [0.1, 0.15) is 0 Å². The highest BCUT2D eigenvalue weighted by Gasteiger charge is 2.19. The van der Waals surface area contributed by atoms with E-state index in [4.69, 9.17) is 22.9 Å². The van der Waals surface area contributed by atoms with Crippen LogP contribution < -0.4 is 22.9 Å². The van der Waals surface area contributed by atoms with Crippen LogP contribution in [0.4, 0.5) is 11.4 Å². The molecular formula is C13H14N4. The molecule has 0 atom stereocenters. The van der Waals surface area contributed by atoms with Crippen LogP contribution in [0.25, 0.3) is 16.5 Å². The standard InChI is InChI=1S/C13H14N4/c14-9-4-6-5-10(15)13(17)8-3-1-2-7(11(6)8)12(9)16/h1-4H,5,14-17H2. The molecule has 1 aliphatic carbocycles. The highest BCUT2D eigenvalue weighted by Crippen LogP contribution is 2.38. The largest absolute Gasteiger partial charge is 0.400 e. The van der Waals surface area contributed by atoms with Gasteiger partial charge < -0.3 is 22.9 Å². The lowest BCUT2D eigenvalue weighted by atomic mass is 9.88. The van der Waals surface area contributed by atoms with Crippen molar-refractivity contribution in [1.82, 2.24) is 0 Å². The third-order valence-electron chi connectivity index (χ3n) is 3.33. The van der Waals surface area contributed by atoms with E-state index < -0.39 is 0 Å². The SMILES string of the molecule is NC1=C(N)c2cccc3c(N)c(N)cc(c23)C1. The smallest absolute Gasteiger partial charge is 0.0627 e. The zero-order valence-corrected chi connectivity index (χ0v) is 9.33. The second-order valence-electron chi connectivity index (χ2n) is 4.38. The molecule has 17 heavy (non-hydrogen) atoms. The van der Waals surface area contributed by atoms with Crippen LogP contribution in [0.5, 0.6) is 0 Å². The molecule has 0 amide bonds. The molecule has 0 radical (unpaired) electrons. The van der Waals surface area contributed by atoms with Gasteiger partial charge in [0.15, 0.2) is 0 Å². The average molecular weight is 226 g/mol. The zero-order valence-electron chi connectivity index (χ0n) is 9.33. The summed E-state index contributed by atoms with van der Waals surface area (Å²) < 4.78 is 0. The van der Waals surface area contributed by atoms with Gasteiger partial charge in [0.2, 0.25) is 0 Å². The van der Waals surface area contributed by atoms with Crippen molar-refractivity contribution in [3.63, 3.8) is 0 Å². The molecule has 3 rings (SSSR count). The monoisotopic (exact) mass is 226 g/mol. The summed E-state index contributed by atoms with van der Waals surface area (Å²) >= 11 is 0. The average Bonchev–Trinajstić information content (AvgIpc) is 2.32. The number of anilines is 2. The van der Waals surface area contributed by atoms with Crippen LogP contribution in [-0.4, -0.2) is 0 Å². The Balaban J connectivity index is 2.53. The Hall–Kier alpha value is -2.36. The van der Waals surface area contributed by atoms with Crippen LogP contribution in [0.1, 0.15) is 11.1 Å². The van der Waals surface area contributed by atoms with E-state index in [2.05, 4.69) is 0 Å². The lowest BCUT2D eigenvalue weighted by Crippen LogP contribution is -2.16. The Labute approximate surface area is 98.9 Å². The van der Waals surface area contributed by atoms with E-state index in [1.807, 2.05) is 24.3 Å². The molecule has 86 valence electrons. The molecule has 0 unspecified atom stereocenters. The van der Waals surface area contributed by atoms with Gasteiger partial charge in [-0.25, -0.2) is 0 Å². The topological polar surface area (TPSA) is 104 Å². The van der Waals surface area contributed by atoms with Crippen LogP contribution >= 0.6 is 0 Å². The molecule has 4 nitrogen and oxygen atoms in total. The summed E-state index contributed by atoms with van der Waals surface area (Å²) in [6.07, 6.45) is 0.629. The van der Waals surface area contributed by atoms with Crippen molar-refractivity contribution >= 4 is 27.8 Å². The van der Waals surface area contributed by atoms with E-state index in [-0.39, 0.29) is 0 Å². The van der Waals surface area contributed by atoms with Crippen molar-refractivity contribution in [3.8, 4) is 0 Å². The second kappa shape index (κ2) is 3.07. The molecule has 2 aromatic carbocycles. The number of nitrogens with two attached hydrogens (primary N) is 4. The first kappa shape index (κ1) is 9.84. The van der Waals surface area contributed by atoms with Crippen molar-refractivity contribution in [3.05, 3.63) is 41.1 Å². The molecular weight excluding hydrogens is 212 g/mol. The van der Waals surface area contributed by atoms with E-state index in [0.717, 1.165) is 21.9 Å². The summed E-state index contributed by atoms with van der Waals surface area (Å²) in [6, 6.07) is 7.73. The summed E-state index contributed by atoms with van der Waals surface area (Å²) in [4.78, 5) is 0. The van der Waals surface area contributed by atoms with Gasteiger partial charge in [-0.1, -0.05) is 18.2 Å². The number of allylic oxidation sites excluding steroid dienone is 1. The summed E-state index contributed by atoms with van der Waals surface area (Å²) in [5.74, 6) is 0. The molecule has 1 aliphatic rings. The minimum absolute atomic E-state index is 0.595. The Bertz CT molecular complexity index is 671. The predicted molar refractivity (Wildman–Crippen MR) is 71.8 cm³/mol. The number of hydrogen-bond acceptors (Lipinski definition) is 4. The molecule has 0 spiro atoms. The fourth-order valence-electron chi connectivity index (χ4n) is 2.45. The maximum absolute atomic E-state index is 6.02. The molecule has 0 fully saturated rings. The van der Waals surface area contributed by atoms with Gasteiger partial charge in [-0.2, -0.15) is 0 Å². The summed E-state index contributed by atoms with van der Waals surface area (Å²) in [5, 5.41) is 2.03. The van der Waals surface area contributed by atoms with E-state index in [9.17, 15) is 0 Å². The van der Waals surface area contributed by atoms with Crippen molar-refractivity contribution in [1.29, 1.82) is 0 Å². The molecule has 8 N–H and O–H groups in total. The quantitative estimate of drug-likeness (QED) is 0.506. The van der Waals surface area contributed by atoms with Crippen molar-refractivity contribution in [2.45, 2.75) is 6.42 Å². The molecule has 0 aromatic heterocycles. The third-order valence-corrected chi connectivity index (χ3v) is 3.33. The molecule has 0 saturated heterocycles. The van der Waals surface area contributed by atoms with Crippen molar-refractivity contribution < 1.29 is 0 Å². The van der Waals surface area contributed by atoms with Crippen LogP contribution in [-0.2, 0) is 6.42 Å². The van der Waals surface area contributed by atoms with Gasteiger partial charge in [0.05, 0.1) is 17.1 Å². The van der Waals surface area contributed by atoms with Crippen LogP contribution in [0.2, 0.25) is 0 Å². The lowest BCUT2D eigenvalue weighted by Gasteiger charge is -2.21. The molecule has 4 heteroatoms. The van der Waals surface area contributed by atoms with E-state index in [1.165, 1.54) is 0 Å². The molecule has 0 heterocycles. The summed E-state index contributed by atoms with van der Waals surface area (Å²) in [6.45, 7) is 0. The first-order chi connectivity index (χ1) is 8.09. The van der Waals surface area contributed by atoms with Crippen LogP contribution in [0.3, 0.4) is 0 Å². The Kier molecular flexibility index (Phi) is 1.78. The number of hydrogen-bond donors (Lipinski definition) is 4. The zero-order chi connectivity index (χ0) is 12.2. The van der Waals surface area contributed by atoms with Gasteiger partial charge >= 0.3 is 0 Å². The Morgan fingerprint density at radius 1 is 1.00 bits per heavy atom. The maximum atomic E-state index is 6.02. The van der Waals surface area contributed by atoms with E-state index in [1.54, 1.807) is 0 Å². The maximum Gasteiger partial charge on any atom is 0.0627 e. The highest BCUT2D eigenvalue weighted by molar-refractivity contribution is 6.06. The van der Waals surface area contributed by atoms with Gasteiger partial charge in [-0.05, 0) is 17.0 Å². The van der Waals surface area contributed by atoms with Gasteiger partial charge in [0.25, 0.3) is 0 Å². The third kappa shape index (κ3) is 1.18. The van der Waals surface area contributed by atoms with E-state index >= 15 is 0 Å². The van der Waals surface area contributed by atoms with Gasteiger partial charge in [0, 0.05) is 23.1 Å². The first-order valence-corrected chi connectivity index (χ1v) is 5.43. The van der Waals surface area contributed by atoms with Crippen LogP contribution in [0, 0.1) is 0 Å². The number of benzene rings is 2. The van der Waals surface area contributed by atoms with Crippen LogP contribution in [0.15, 0.2) is 30.0 Å². The fraction of sp³-hybridized carbons (Fsp3) is 0.0769. The van der Waals surface area contributed by atoms with E-state index in [0.29, 0.717) is 29.2 Å². The first-order valence-electron chi connectivity index (χ1n) is 5.43. The predicted octanol–water partition coefficient (Wildman–Crippen LogP) is 1.15. The van der Waals surface area contributed by atoms with Gasteiger partial charge in [-0.15, -0.1) is 0 Å². The fourth-order valence-corrected chi connectivity index (χ4v) is 2.45. The number of rotatable bonds is 0. The normalized spacial score (nSPS) is 14.4. The lowest BCUT2D eigenvalue weighted by molar-refractivity contribution is 1.10. The minimum atomic E-state index is 0.595. The molecule has 2 aromatic rings. The Morgan fingerprint density at radius 3 is 2.53 bits per heavy atom. The number of nitrogen functional groups attached to an aromatic ring is 2. The molecule has 0 saturated carbocycles. The Morgan fingerprint density at radius 2 is 1.76 bits per heavy atom. The summed E-state index contributed by atoms with van der Waals surface area (Å²) in [5.41, 5.74) is 28.4. The highest BCUT2D eigenvalue weighted by atomic mass is 14.7. The van der Waals surface area contributed by atoms with Crippen molar-refractivity contribution in [2.24, 2.45) is 11.5 Å². The second-order valence-corrected chi connectivity index (χ2v) is 4.38. The summed E-state index contributed by atoms with van der Waals surface area (Å²) in [7, 11) is 0. The molecule has 0 aliphatic heterocycles.